The predicted molar refractivity (Wildman–Crippen MR) is 114 cm³/mol. The van der Waals surface area contributed by atoms with Gasteiger partial charge in [-0.15, -0.1) is 0 Å². The third kappa shape index (κ3) is 5.59. The number of carbonyl (C=O) groups is 1. The molecule has 4 nitrogen and oxygen atoms in total. The number of nitrogens with one attached hydrogen (secondary N) is 1. The Morgan fingerprint density at radius 2 is 2.15 bits per heavy atom. The van der Waals surface area contributed by atoms with Gasteiger partial charge in [0.1, 0.15) is 0 Å². The van der Waals surface area contributed by atoms with E-state index in [2.05, 4.69) is 21.2 Å². The molecule has 0 spiro atoms. The molecule has 3 rings (SSSR count). The van der Waals surface area contributed by atoms with Gasteiger partial charge in [0.2, 0.25) is 5.91 Å². The highest BCUT2D eigenvalue weighted by Gasteiger charge is 2.20. The second-order valence-corrected chi connectivity index (χ2v) is 8.52. The topological polar surface area (TPSA) is 52.6 Å². The zero-order valence-corrected chi connectivity index (χ0v) is 17.7. The van der Waals surface area contributed by atoms with Crippen LogP contribution >= 0.6 is 39.3 Å². The van der Waals surface area contributed by atoms with Crippen LogP contribution in [-0.4, -0.2) is 48.2 Å². The van der Waals surface area contributed by atoms with Crippen molar-refractivity contribution in [3.63, 3.8) is 0 Å². The first-order valence-corrected chi connectivity index (χ1v) is 10.6. The minimum absolute atomic E-state index is 0.0275. The van der Waals surface area contributed by atoms with Crippen molar-refractivity contribution in [2.75, 3.05) is 26.2 Å². The fraction of sp³-hybridized carbons (Fsp3) is 0.250. The van der Waals surface area contributed by atoms with Crippen LogP contribution in [0.5, 0.6) is 0 Å². The standard InChI is InChI=1S/C20H20BrClN2O2S/c21-16-3-1-2-4-18(16)27-19-7-5-14(11-17(19)22)6-8-20(26)24-10-9-23-15(12-24)13-25/h1-8,11,15,23,25H,9-10,12-13H2/b8-6+. The van der Waals surface area contributed by atoms with Gasteiger partial charge in [0.15, 0.2) is 0 Å². The number of carbonyl (C=O) groups excluding carboxylic acids is 1. The number of piperazine rings is 1. The average Bonchev–Trinajstić information content (AvgIpc) is 2.69. The third-order valence-corrected chi connectivity index (χ3v) is 6.75. The van der Waals surface area contributed by atoms with Crippen molar-refractivity contribution < 1.29 is 9.90 Å². The van der Waals surface area contributed by atoms with Crippen LogP contribution in [0, 0.1) is 0 Å². The van der Waals surface area contributed by atoms with Crippen molar-refractivity contribution in [3.8, 4) is 0 Å². The summed E-state index contributed by atoms with van der Waals surface area (Å²) in [6.45, 7) is 1.88. The Kier molecular flexibility index (Phi) is 7.38. The van der Waals surface area contributed by atoms with Gasteiger partial charge in [-0.05, 0) is 51.8 Å². The number of rotatable bonds is 5. The summed E-state index contributed by atoms with van der Waals surface area (Å²) < 4.78 is 1.03. The van der Waals surface area contributed by atoms with Crippen LogP contribution in [0.25, 0.3) is 6.08 Å². The molecule has 0 aliphatic carbocycles. The van der Waals surface area contributed by atoms with Gasteiger partial charge < -0.3 is 15.3 Å². The van der Waals surface area contributed by atoms with E-state index in [1.54, 1.807) is 28.8 Å². The van der Waals surface area contributed by atoms with E-state index in [0.717, 1.165) is 19.8 Å². The van der Waals surface area contributed by atoms with Crippen molar-refractivity contribution >= 4 is 51.3 Å². The largest absolute Gasteiger partial charge is 0.395 e. The van der Waals surface area contributed by atoms with Crippen LogP contribution in [0.4, 0.5) is 0 Å². The van der Waals surface area contributed by atoms with E-state index in [4.69, 9.17) is 11.6 Å². The Balaban J connectivity index is 1.66. The quantitative estimate of drug-likeness (QED) is 0.651. The highest BCUT2D eigenvalue weighted by Crippen LogP contribution is 2.37. The molecule has 0 saturated carbocycles. The molecule has 27 heavy (non-hydrogen) atoms. The molecule has 1 aliphatic heterocycles. The van der Waals surface area contributed by atoms with E-state index in [-0.39, 0.29) is 18.6 Å². The molecule has 2 N–H and O–H groups in total. The molecular weight excluding hydrogens is 448 g/mol. The van der Waals surface area contributed by atoms with E-state index in [9.17, 15) is 9.90 Å². The van der Waals surface area contributed by atoms with Gasteiger partial charge in [-0.2, -0.15) is 0 Å². The third-order valence-electron chi connectivity index (χ3n) is 4.22. The molecular formula is C20H20BrClN2O2S. The van der Waals surface area contributed by atoms with Crippen molar-refractivity contribution in [1.29, 1.82) is 0 Å². The average molecular weight is 468 g/mol. The highest BCUT2D eigenvalue weighted by atomic mass is 79.9. The molecule has 1 atom stereocenters. The zero-order valence-electron chi connectivity index (χ0n) is 14.6. The molecule has 1 saturated heterocycles. The molecule has 0 bridgehead atoms. The molecule has 142 valence electrons. The molecule has 1 aliphatic rings. The second-order valence-electron chi connectivity index (χ2n) is 6.17. The first-order valence-electron chi connectivity index (χ1n) is 8.60. The van der Waals surface area contributed by atoms with E-state index >= 15 is 0 Å². The number of aliphatic hydroxyl groups is 1. The Bertz CT molecular complexity index is 846. The number of amides is 1. The first-order chi connectivity index (χ1) is 13.1. The van der Waals surface area contributed by atoms with Crippen molar-refractivity contribution in [3.05, 3.63) is 63.6 Å². The van der Waals surface area contributed by atoms with Crippen LogP contribution in [0.3, 0.4) is 0 Å². The van der Waals surface area contributed by atoms with E-state index in [1.165, 1.54) is 0 Å². The van der Waals surface area contributed by atoms with Crippen molar-refractivity contribution in [1.82, 2.24) is 10.2 Å². The van der Waals surface area contributed by atoms with Gasteiger partial charge in [-0.1, -0.05) is 41.6 Å². The summed E-state index contributed by atoms with van der Waals surface area (Å²) in [5, 5.41) is 13.1. The van der Waals surface area contributed by atoms with Crippen LogP contribution < -0.4 is 5.32 Å². The summed E-state index contributed by atoms with van der Waals surface area (Å²) in [6.07, 6.45) is 3.34. The molecule has 7 heteroatoms. The Labute approximate surface area is 176 Å². The van der Waals surface area contributed by atoms with Gasteiger partial charge in [-0.25, -0.2) is 0 Å². The van der Waals surface area contributed by atoms with Crippen LogP contribution in [-0.2, 0) is 4.79 Å². The SMILES string of the molecule is O=C(/C=C/c1ccc(Sc2ccccc2Br)c(Cl)c1)N1CCNC(CO)C1. The maximum Gasteiger partial charge on any atom is 0.246 e. The van der Waals surface area contributed by atoms with Gasteiger partial charge in [0, 0.05) is 46.0 Å². The van der Waals surface area contributed by atoms with Crippen LogP contribution in [0.2, 0.25) is 5.02 Å². The molecule has 1 heterocycles. The molecule has 0 aromatic heterocycles. The Morgan fingerprint density at radius 3 is 2.89 bits per heavy atom. The lowest BCUT2D eigenvalue weighted by molar-refractivity contribution is -0.127. The zero-order chi connectivity index (χ0) is 19.2. The van der Waals surface area contributed by atoms with E-state index in [0.29, 0.717) is 24.7 Å². The van der Waals surface area contributed by atoms with Crippen LogP contribution in [0.15, 0.2) is 62.8 Å². The van der Waals surface area contributed by atoms with Crippen molar-refractivity contribution in [2.45, 2.75) is 15.8 Å². The molecule has 2 aromatic carbocycles. The first kappa shape index (κ1) is 20.4. The minimum atomic E-state index is -0.0576. The fourth-order valence-corrected chi connectivity index (χ4v) is 4.44. The molecule has 1 fully saturated rings. The van der Waals surface area contributed by atoms with Crippen LogP contribution in [0.1, 0.15) is 5.56 Å². The minimum Gasteiger partial charge on any atom is -0.395 e. The highest BCUT2D eigenvalue weighted by molar-refractivity contribution is 9.10. The second kappa shape index (κ2) is 9.75. The lowest BCUT2D eigenvalue weighted by atomic mass is 10.2. The smallest absolute Gasteiger partial charge is 0.246 e. The van der Waals surface area contributed by atoms with E-state index < -0.39 is 0 Å². The van der Waals surface area contributed by atoms with E-state index in [1.807, 2.05) is 42.5 Å². The molecule has 0 radical (unpaired) electrons. The summed E-state index contributed by atoms with van der Waals surface area (Å²) in [5.74, 6) is -0.0576. The number of benzene rings is 2. The van der Waals surface area contributed by atoms with Gasteiger partial charge in [0.05, 0.1) is 11.6 Å². The number of halogens is 2. The fourth-order valence-electron chi connectivity index (χ4n) is 2.77. The predicted octanol–water partition coefficient (Wildman–Crippen LogP) is 4.06. The monoisotopic (exact) mass is 466 g/mol. The molecule has 2 aromatic rings. The van der Waals surface area contributed by atoms with Crippen molar-refractivity contribution in [2.24, 2.45) is 0 Å². The summed E-state index contributed by atoms with van der Waals surface area (Å²) >= 11 is 11.6. The lowest BCUT2D eigenvalue weighted by Crippen LogP contribution is -2.53. The summed E-state index contributed by atoms with van der Waals surface area (Å²) in [5.41, 5.74) is 0.874. The lowest BCUT2D eigenvalue weighted by Gasteiger charge is -2.32. The van der Waals surface area contributed by atoms with Gasteiger partial charge in [0.25, 0.3) is 0 Å². The number of aliphatic hydroxyl groups excluding tert-OH is 1. The number of nitrogens with zero attached hydrogens (tertiary/aromatic N) is 1. The maximum absolute atomic E-state index is 12.4. The summed E-state index contributed by atoms with van der Waals surface area (Å²) in [7, 11) is 0. The normalized spacial score (nSPS) is 17.4. The summed E-state index contributed by atoms with van der Waals surface area (Å²) in [6, 6.07) is 13.7. The Morgan fingerprint density at radius 1 is 1.33 bits per heavy atom. The molecule has 1 amide bonds. The summed E-state index contributed by atoms with van der Waals surface area (Å²) in [4.78, 5) is 16.1. The van der Waals surface area contributed by atoms with Gasteiger partial charge >= 0.3 is 0 Å². The number of hydrogen-bond donors (Lipinski definition) is 2. The van der Waals surface area contributed by atoms with Gasteiger partial charge in [-0.3, -0.25) is 4.79 Å². The Hall–Kier alpha value is -1.31. The molecule has 1 unspecified atom stereocenters. The maximum atomic E-state index is 12.4. The number of hydrogen-bond acceptors (Lipinski definition) is 4.